The SMILES string of the molecule is COCCCNC(=O)/C(C#N)=C/c1cn(CC(=O)N2CCC(C)CC2)c2ccccc12. The summed E-state index contributed by atoms with van der Waals surface area (Å²) in [4.78, 5) is 27.2. The maximum atomic E-state index is 12.8. The monoisotopic (exact) mass is 422 g/mol. The van der Waals surface area contributed by atoms with E-state index in [9.17, 15) is 14.9 Å². The van der Waals surface area contributed by atoms with Crippen LogP contribution in [-0.2, 0) is 20.9 Å². The third kappa shape index (κ3) is 5.74. The molecule has 7 heteroatoms. The van der Waals surface area contributed by atoms with Gasteiger partial charge in [-0.2, -0.15) is 5.26 Å². The number of hydrogen-bond donors (Lipinski definition) is 1. The van der Waals surface area contributed by atoms with Gasteiger partial charge in [-0.15, -0.1) is 0 Å². The van der Waals surface area contributed by atoms with Crippen molar-refractivity contribution in [2.24, 2.45) is 5.92 Å². The maximum absolute atomic E-state index is 12.8. The molecule has 1 aromatic carbocycles. The van der Waals surface area contributed by atoms with Crippen LogP contribution < -0.4 is 5.32 Å². The number of nitrogens with zero attached hydrogens (tertiary/aromatic N) is 3. The molecule has 1 aromatic heterocycles. The van der Waals surface area contributed by atoms with Crippen LogP contribution in [0.1, 0.15) is 31.7 Å². The molecule has 0 spiro atoms. The van der Waals surface area contributed by atoms with Gasteiger partial charge in [0.15, 0.2) is 0 Å². The molecule has 0 saturated carbocycles. The smallest absolute Gasteiger partial charge is 0.261 e. The summed E-state index contributed by atoms with van der Waals surface area (Å²) in [6.45, 7) is 5.05. The number of fused-ring (bicyclic) bond motifs is 1. The number of para-hydroxylation sites is 1. The molecule has 0 bridgehead atoms. The van der Waals surface area contributed by atoms with Crippen molar-refractivity contribution < 1.29 is 14.3 Å². The Hall–Kier alpha value is -3.11. The molecule has 0 atom stereocenters. The fourth-order valence-corrected chi connectivity index (χ4v) is 3.84. The highest BCUT2D eigenvalue weighted by Crippen LogP contribution is 2.24. The van der Waals surface area contributed by atoms with E-state index in [1.54, 1.807) is 13.2 Å². The molecule has 1 saturated heterocycles. The second-order valence-electron chi connectivity index (χ2n) is 8.06. The number of carbonyl (C=O) groups is 2. The number of nitrogens with one attached hydrogen (secondary N) is 1. The normalized spacial score (nSPS) is 15.1. The predicted molar refractivity (Wildman–Crippen MR) is 120 cm³/mol. The average molecular weight is 423 g/mol. The topological polar surface area (TPSA) is 87.4 Å². The molecule has 2 aromatic rings. The second kappa shape index (κ2) is 10.8. The zero-order valence-corrected chi connectivity index (χ0v) is 18.3. The van der Waals surface area contributed by atoms with E-state index in [1.807, 2.05) is 46.0 Å². The summed E-state index contributed by atoms with van der Waals surface area (Å²) >= 11 is 0. The van der Waals surface area contributed by atoms with E-state index >= 15 is 0 Å². The number of rotatable bonds is 8. The Morgan fingerprint density at radius 2 is 2.03 bits per heavy atom. The summed E-state index contributed by atoms with van der Waals surface area (Å²) in [5.41, 5.74) is 1.70. The molecular weight excluding hydrogens is 392 g/mol. The number of piperidine rings is 1. The fraction of sp³-hybridized carbons (Fsp3) is 0.458. The summed E-state index contributed by atoms with van der Waals surface area (Å²) in [5, 5.41) is 13.2. The number of benzene rings is 1. The lowest BCUT2D eigenvalue weighted by atomic mass is 9.99. The first-order valence-corrected chi connectivity index (χ1v) is 10.8. The molecule has 7 nitrogen and oxygen atoms in total. The number of aromatic nitrogens is 1. The van der Waals surface area contributed by atoms with Gasteiger partial charge < -0.3 is 19.5 Å². The molecule has 164 valence electrons. The number of methoxy groups -OCH3 is 1. The summed E-state index contributed by atoms with van der Waals surface area (Å²) in [6.07, 6.45) is 6.20. The summed E-state index contributed by atoms with van der Waals surface area (Å²) < 4.78 is 6.88. The Morgan fingerprint density at radius 3 is 2.74 bits per heavy atom. The van der Waals surface area contributed by atoms with Gasteiger partial charge in [0.05, 0.1) is 0 Å². The number of carbonyl (C=O) groups excluding carboxylic acids is 2. The van der Waals surface area contributed by atoms with E-state index in [0.717, 1.165) is 42.4 Å². The number of hydrogen-bond acceptors (Lipinski definition) is 4. The van der Waals surface area contributed by atoms with Crippen molar-refractivity contribution in [3.05, 3.63) is 41.6 Å². The van der Waals surface area contributed by atoms with E-state index in [1.165, 1.54) is 0 Å². The van der Waals surface area contributed by atoms with Crippen LogP contribution in [0.25, 0.3) is 17.0 Å². The Morgan fingerprint density at radius 1 is 1.29 bits per heavy atom. The van der Waals surface area contributed by atoms with Crippen molar-refractivity contribution in [1.29, 1.82) is 5.26 Å². The fourth-order valence-electron chi connectivity index (χ4n) is 3.84. The summed E-state index contributed by atoms with van der Waals surface area (Å²) in [6, 6.07) is 9.72. The van der Waals surface area contributed by atoms with Gasteiger partial charge in [-0.1, -0.05) is 25.1 Å². The lowest BCUT2D eigenvalue weighted by molar-refractivity contribution is -0.133. The number of likely N-dealkylation sites (tertiary alicyclic amines) is 1. The van der Waals surface area contributed by atoms with E-state index < -0.39 is 5.91 Å². The van der Waals surface area contributed by atoms with Crippen LogP contribution in [0.3, 0.4) is 0 Å². The molecule has 0 radical (unpaired) electrons. The first-order valence-electron chi connectivity index (χ1n) is 10.8. The molecule has 1 aliphatic heterocycles. The van der Waals surface area contributed by atoms with Crippen molar-refractivity contribution in [1.82, 2.24) is 14.8 Å². The molecular formula is C24H30N4O3. The van der Waals surface area contributed by atoms with Gasteiger partial charge in [0.1, 0.15) is 18.2 Å². The molecule has 0 aliphatic carbocycles. The highest BCUT2D eigenvalue weighted by molar-refractivity contribution is 6.04. The zero-order chi connectivity index (χ0) is 22.2. The third-order valence-corrected chi connectivity index (χ3v) is 5.74. The van der Waals surface area contributed by atoms with Gasteiger partial charge in [-0.05, 0) is 37.3 Å². The van der Waals surface area contributed by atoms with E-state index in [4.69, 9.17) is 4.74 Å². The maximum Gasteiger partial charge on any atom is 0.261 e. The third-order valence-electron chi connectivity index (χ3n) is 5.74. The highest BCUT2D eigenvalue weighted by atomic mass is 16.5. The number of amides is 2. The van der Waals surface area contributed by atoms with Gasteiger partial charge in [0.2, 0.25) is 5.91 Å². The highest BCUT2D eigenvalue weighted by Gasteiger charge is 2.21. The van der Waals surface area contributed by atoms with Crippen LogP contribution in [0.2, 0.25) is 0 Å². The minimum absolute atomic E-state index is 0.0386. The standard InChI is InChI=1S/C24H30N4O3/c1-18-8-11-27(12-9-18)23(29)17-28-16-20(21-6-3-4-7-22(21)28)14-19(15-25)24(30)26-10-5-13-31-2/h3-4,6-7,14,16,18H,5,8-13,17H2,1-2H3,(H,26,30)/b19-14+. The lowest BCUT2D eigenvalue weighted by Gasteiger charge is -2.30. The molecule has 1 aliphatic rings. The van der Waals surface area contributed by atoms with Gasteiger partial charge in [-0.3, -0.25) is 9.59 Å². The van der Waals surface area contributed by atoms with Crippen molar-refractivity contribution in [2.45, 2.75) is 32.7 Å². The Kier molecular flexibility index (Phi) is 7.85. The first kappa shape index (κ1) is 22.6. The Labute approximate surface area is 183 Å². The zero-order valence-electron chi connectivity index (χ0n) is 18.3. The number of nitriles is 1. The Balaban J connectivity index is 1.80. The predicted octanol–water partition coefficient (Wildman–Crippen LogP) is 2.96. The van der Waals surface area contributed by atoms with Crippen LogP contribution in [-0.4, -0.2) is 54.6 Å². The van der Waals surface area contributed by atoms with Crippen LogP contribution in [0.4, 0.5) is 0 Å². The molecule has 0 unspecified atom stereocenters. The molecule has 31 heavy (non-hydrogen) atoms. The lowest BCUT2D eigenvalue weighted by Crippen LogP contribution is -2.39. The van der Waals surface area contributed by atoms with Crippen molar-refractivity contribution in [2.75, 3.05) is 33.4 Å². The van der Waals surface area contributed by atoms with Gasteiger partial charge in [-0.25, -0.2) is 0 Å². The molecule has 1 fully saturated rings. The molecule has 2 heterocycles. The minimum atomic E-state index is -0.408. The first-order chi connectivity index (χ1) is 15.0. The van der Waals surface area contributed by atoms with Crippen molar-refractivity contribution >= 4 is 28.8 Å². The van der Waals surface area contributed by atoms with Gasteiger partial charge >= 0.3 is 0 Å². The van der Waals surface area contributed by atoms with Gasteiger partial charge in [0.25, 0.3) is 5.91 Å². The minimum Gasteiger partial charge on any atom is -0.385 e. The van der Waals surface area contributed by atoms with Crippen molar-refractivity contribution in [3.63, 3.8) is 0 Å². The summed E-state index contributed by atoms with van der Waals surface area (Å²) in [5.74, 6) is 0.353. The molecule has 2 amide bonds. The molecule has 1 N–H and O–H groups in total. The second-order valence-corrected chi connectivity index (χ2v) is 8.06. The average Bonchev–Trinajstić information content (AvgIpc) is 3.12. The summed E-state index contributed by atoms with van der Waals surface area (Å²) in [7, 11) is 1.61. The van der Waals surface area contributed by atoms with E-state index in [0.29, 0.717) is 25.5 Å². The number of ether oxygens (including phenoxy) is 1. The Bertz CT molecular complexity index is 994. The van der Waals surface area contributed by atoms with Crippen LogP contribution in [0.15, 0.2) is 36.0 Å². The van der Waals surface area contributed by atoms with Crippen LogP contribution in [0, 0.1) is 17.2 Å². The van der Waals surface area contributed by atoms with Crippen LogP contribution >= 0.6 is 0 Å². The molecule has 3 rings (SSSR count). The van der Waals surface area contributed by atoms with Crippen LogP contribution in [0.5, 0.6) is 0 Å². The van der Waals surface area contributed by atoms with Gasteiger partial charge in [0, 0.05) is 56.0 Å². The van der Waals surface area contributed by atoms with E-state index in [2.05, 4.69) is 12.2 Å². The quantitative estimate of drug-likeness (QED) is 0.403. The van der Waals surface area contributed by atoms with Crippen molar-refractivity contribution in [3.8, 4) is 6.07 Å². The van der Waals surface area contributed by atoms with E-state index in [-0.39, 0.29) is 18.0 Å². The largest absolute Gasteiger partial charge is 0.385 e.